The number of aliphatic hydroxyl groups excluding tert-OH is 1. The summed E-state index contributed by atoms with van der Waals surface area (Å²) in [6, 6.07) is 0.388. The minimum atomic E-state index is -0.382. The van der Waals surface area contributed by atoms with E-state index >= 15 is 0 Å². The summed E-state index contributed by atoms with van der Waals surface area (Å²) in [4.78, 5) is 0. The first-order valence-corrected chi connectivity index (χ1v) is 5.79. The third kappa shape index (κ3) is 3.32. The number of aromatic nitrogens is 2. The lowest BCUT2D eigenvalue weighted by atomic mass is 9.99. The third-order valence-corrected chi connectivity index (χ3v) is 2.98. The molecule has 1 rings (SSSR count). The van der Waals surface area contributed by atoms with E-state index in [0.29, 0.717) is 6.04 Å². The van der Waals surface area contributed by atoms with E-state index in [2.05, 4.69) is 24.3 Å². The van der Waals surface area contributed by atoms with Crippen molar-refractivity contribution in [1.29, 1.82) is 0 Å². The molecule has 0 aliphatic rings. The largest absolute Gasteiger partial charge is 0.392 e. The normalized spacial score (nSPS) is 14.4. The van der Waals surface area contributed by atoms with Crippen LogP contribution in [0.1, 0.15) is 46.2 Å². The molecule has 1 heterocycles. The van der Waals surface area contributed by atoms with Crippen LogP contribution in [0, 0.1) is 0 Å². The highest BCUT2D eigenvalue weighted by molar-refractivity contribution is 5.05. The molecule has 0 saturated heterocycles. The lowest BCUT2D eigenvalue weighted by Gasteiger charge is -2.29. The molecule has 1 aromatic rings. The van der Waals surface area contributed by atoms with Gasteiger partial charge in [-0.15, -0.1) is 0 Å². The highest BCUT2D eigenvalue weighted by atomic mass is 16.3. The molecule has 0 radical (unpaired) electrons. The second-order valence-corrected chi connectivity index (χ2v) is 5.17. The van der Waals surface area contributed by atoms with Gasteiger partial charge in [0, 0.05) is 29.9 Å². The molecular formula is C12H23N3O. The minimum Gasteiger partial charge on any atom is -0.392 e. The van der Waals surface area contributed by atoms with Gasteiger partial charge in [-0.25, -0.2) is 0 Å². The van der Waals surface area contributed by atoms with Gasteiger partial charge >= 0.3 is 0 Å². The Morgan fingerprint density at radius 3 is 2.50 bits per heavy atom. The highest BCUT2D eigenvalue weighted by Gasteiger charge is 2.23. The highest BCUT2D eigenvalue weighted by Crippen LogP contribution is 2.11. The maximum Gasteiger partial charge on any atom is 0.0688 e. The molecule has 0 aliphatic heterocycles. The first-order valence-electron chi connectivity index (χ1n) is 5.79. The predicted molar refractivity (Wildman–Crippen MR) is 65.2 cm³/mol. The average Bonchev–Trinajstić information content (AvgIpc) is 2.63. The SMILES string of the molecule is CC(C)n1cc(CNC(C)(C)C(C)O)cn1. The molecule has 92 valence electrons. The Balaban J connectivity index is 2.55. The maximum absolute atomic E-state index is 9.57. The van der Waals surface area contributed by atoms with Crippen molar-refractivity contribution in [3.05, 3.63) is 18.0 Å². The number of aliphatic hydroxyl groups is 1. The van der Waals surface area contributed by atoms with Crippen LogP contribution in [0.2, 0.25) is 0 Å². The van der Waals surface area contributed by atoms with Gasteiger partial charge in [-0.3, -0.25) is 4.68 Å². The fraction of sp³-hybridized carbons (Fsp3) is 0.750. The molecule has 16 heavy (non-hydrogen) atoms. The second-order valence-electron chi connectivity index (χ2n) is 5.17. The summed E-state index contributed by atoms with van der Waals surface area (Å²) in [6.07, 6.45) is 3.52. The minimum absolute atomic E-state index is 0.278. The molecule has 4 heteroatoms. The van der Waals surface area contributed by atoms with Gasteiger partial charge in [-0.05, 0) is 34.6 Å². The van der Waals surface area contributed by atoms with Gasteiger partial charge in [0.2, 0.25) is 0 Å². The molecule has 0 spiro atoms. The summed E-state index contributed by atoms with van der Waals surface area (Å²) in [7, 11) is 0. The number of nitrogens with one attached hydrogen (secondary N) is 1. The van der Waals surface area contributed by atoms with Gasteiger partial charge in [0.25, 0.3) is 0 Å². The molecule has 0 amide bonds. The Morgan fingerprint density at radius 1 is 1.44 bits per heavy atom. The van der Waals surface area contributed by atoms with Crippen LogP contribution in [0.15, 0.2) is 12.4 Å². The van der Waals surface area contributed by atoms with Crippen LogP contribution >= 0.6 is 0 Å². The summed E-state index contributed by atoms with van der Waals surface area (Å²) < 4.78 is 1.94. The van der Waals surface area contributed by atoms with Crippen LogP contribution in [-0.4, -0.2) is 26.5 Å². The molecule has 1 aromatic heterocycles. The molecule has 1 atom stereocenters. The van der Waals surface area contributed by atoms with Gasteiger partial charge in [-0.2, -0.15) is 5.10 Å². The van der Waals surface area contributed by atoms with Crippen LogP contribution in [0.3, 0.4) is 0 Å². The summed E-state index contributed by atoms with van der Waals surface area (Å²) in [5.41, 5.74) is 0.863. The molecule has 0 saturated carbocycles. The summed E-state index contributed by atoms with van der Waals surface area (Å²) >= 11 is 0. The summed E-state index contributed by atoms with van der Waals surface area (Å²) in [5, 5.41) is 17.2. The van der Waals surface area contributed by atoms with Crippen molar-refractivity contribution in [3.8, 4) is 0 Å². The fourth-order valence-corrected chi connectivity index (χ4v) is 1.23. The Morgan fingerprint density at radius 2 is 2.06 bits per heavy atom. The molecule has 1 unspecified atom stereocenters. The van der Waals surface area contributed by atoms with E-state index in [-0.39, 0.29) is 11.6 Å². The molecule has 4 nitrogen and oxygen atoms in total. The first-order chi connectivity index (χ1) is 7.33. The first kappa shape index (κ1) is 13.2. The number of hydrogen-bond acceptors (Lipinski definition) is 3. The maximum atomic E-state index is 9.57. The Labute approximate surface area is 97.7 Å². The molecule has 0 fully saturated rings. The smallest absolute Gasteiger partial charge is 0.0688 e. The van der Waals surface area contributed by atoms with Gasteiger partial charge in [-0.1, -0.05) is 0 Å². The number of rotatable bonds is 5. The zero-order valence-corrected chi connectivity index (χ0v) is 10.9. The standard InChI is InChI=1S/C12H23N3O/c1-9(2)15-8-11(7-14-15)6-13-12(4,5)10(3)16/h7-10,13,16H,6H2,1-5H3. The number of hydrogen-bond donors (Lipinski definition) is 2. The summed E-state index contributed by atoms with van der Waals surface area (Å²) in [6.45, 7) is 10.7. The lowest BCUT2D eigenvalue weighted by molar-refractivity contribution is 0.0956. The van der Waals surface area contributed by atoms with Crippen molar-refractivity contribution in [2.75, 3.05) is 0 Å². The fourth-order valence-electron chi connectivity index (χ4n) is 1.23. The monoisotopic (exact) mass is 225 g/mol. The second kappa shape index (κ2) is 4.97. The molecule has 0 aliphatic carbocycles. The Kier molecular flexibility index (Phi) is 4.10. The van der Waals surface area contributed by atoms with Crippen molar-refractivity contribution in [3.63, 3.8) is 0 Å². The van der Waals surface area contributed by atoms with E-state index in [1.165, 1.54) is 0 Å². The predicted octanol–water partition coefficient (Wildman–Crippen LogP) is 1.71. The van der Waals surface area contributed by atoms with Crippen LogP contribution in [0.5, 0.6) is 0 Å². The zero-order valence-electron chi connectivity index (χ0n) is 10.9. The molecular weight excluding hydrogens is 202 g/mol. The van der Waals surface area contributed by atoms with E-state index in [0.717, 1.165) is 12.1 Å². The van der Waals surface area contributed by atoms with Crippen molar-refractivity contribution < 1.29 is 5.11 Å². The van der Waals surface area contributed by atoms with E-state index in [1.54, 1.807) is 6.92 Å². The molecule has 2 N–H and O–H groups in total. The van der Waals surface area contributed by atoms with Crippen LogP contribution in [-0.2, 0) is 6.54 Å². The lowest BCUT2D eigenvalue weighted by Crippen LogP contribution is -2.47. The van der Waals surface area contributed by atoms with Crippen LogP contribution in [0.25, 0.3) is 0 Å². The van der Waals surface area contributed by atoms with E-state index in [4.69, 9.17) is 0 Å². The number of nitrogens with zero attached hydrogens (tertiary/aromatic N) is 2. The van der Waals surface area contributed by atoms with Crippen LogP contribution in [0.4, 0.5) is 0 Å². The van der Waals surface area contributed by atoms with Crippen molar-refractivity contribution in [2.24, 2.45) is 0 Å². The van der Waals surface area contributed by atoms with Crippen molar-refractivity contribution in [1.82, 2.24) is 15.1 Å². The van der Waals surface area contributed by atoms with Crippen LogP contribution < -0.4 is 5.32 Å². The quantitative estimate of drug-likeness (QED) is 0.802. The Hall–Kier alpha value is -0.870. The average molecular weight is 225 g/mol. The zero-order chi connectivity index (χ0) is 12.3. The van der Waals surface area contributed by atoms with Crippen molar-refractivity contribution >= 4 is 0 Å². The molecule has 0 aromatic carbocycles. The van der Waals surface area contributed by atoms with Gasteiger partial charge in [0.05, 0.1) is 12.3 Å². The molecule has 0 bridgehead atoms. The summed E-state index contributed by atoms with van der Waals surface area (Å²) in [5.74, 6) is 0. The van der Waals surface area contributed by atoms with Gasteiger partial charge < -0.3 is 10.4 Å². The van der Waals surface area contributed by atoms with Gasteiger partial charge in [0.15, 0.2) is 0 Å². The van der Waals surface area contributed by atoms with E-state index in [1.807, 2.05) is 30.9 Å². The van der Waals surface area contributed by atoms with Gasteiger partial charge in [0.1, 0.15) is 0 Å². The Bertz CT molecular complexity index is 329. The van der Waals surface area contributed by atoms with Crippen molar-refractivity contribution in [2.45, 2.75) is 58.8 Å². The topological polar surface area (TPSA) is 50.1 Å². The van der Waals surface area contributed by atoms with E-state index in [9.17, 15) is 5.11 Å². The van der Waals surface area contributed by atoms with E-state index < -0.39 is 0 Å². The third-order valence-electron chi connectivity index (χ3n) is 2.98.